The molecule has 0 saturated carbocycles. The van der Waals surface area contributed by atoms with Crippen LogP contribution in [0.25, 0.3) is 0 Å². The zero-order chi connectivity index (χ0) is 13.8. The molecule has 1 aliphatic heterocycles. The maximum absolute atomic E-state index is 11.4. The van der Waals surface area contributed by atoms with E-state index in [1.165, 1.54) is 6.33 Å². The predicted octanol–water partition coefficient (Wildman–Crippen LogP) is 0.241. The molecule has 0 amide bonds. The van der Waals surface area contributed by atoms with E-state index in [9.17, 15) is 4.79 Å². The van der Waals surface area contributed by atoms with E-state index in [2.05, 4.69) is 25.0 Å². The SMILES string of the molecule is O=c1cc(C2CCCN(CCn3cncn3)C2)nc[nH]1. The topological polar surface area (TPSA) is 79.7 Å². The van der Waals surface area contributed by atoms with Crippen molar-refractivity contribution in [1.29, 1.82) is 0 Å². The van der Waals surface area contributed by atoms with Crippen molar-refractivity contribution < 1.29 is 0 Å². The molecule has 20 heavy (non-hydrogen) atoms. The van der Waals surface area contributed by atoms with Crippen LogP contribution >= 0.6 is 0 Å². The van der Waals surface area contributed by atoms with Gasteiger partial charge in [0, 0.05) is 25.1 Å². The number of rotatable bonds is 4. The van der Waals surface area contributed by atoms with Gasteiger partial charge in [0.25, 0.3) is 5.56 Å². The lowest BCUT2D eigenvalue weighted by Crippen LogP contribution is -2.37. The largest absolute Gasteiger partial charge is 0.313 e. The second kappa shape index (κ2) is 5.96. The molecule has 2 aromatic heterocycles. The van der Waals surface area contributed by atoms with E-state index in [0.29, 0.717) is 5.92 Å². The Bertz CT molecular complexity index is 593. The van der Waals surface area contributed by atoms with Gasteiger partial charge in [0.2, 0.25) is 0 Å². The van der Waals surface area contributed by atoms with Gasteiger partial charge < -0.3 is 9.88 Å². The molecule has 1 fully saturated rings. The highest BCUT2D eigenvalue weighted by Gasteiger charge is 2.22. The minimum Gasteiger partial charge on any atom is -0.313 e. The number of likely N-dealkylation sites (tertiary alicyclic amines) is 1. The molecule has 0 aromatic carbocycles. The van der Waals surface area contributed by atoms with E-state index in [-0.39, 0.29) is 5.56 Å². The van der Waals surface area contributed by atoms with Gasteiger partial charge in [0.15, 0.2) is 0 Å². The van der Waals surface area contributed by atoms with Gasteiger partial charge in [-0.1, -0.05) is 0 Å². The summed E-state index contributed by atoms with van der Waals surface area (Å²) in [6.07, 6.45) is 7.01. The normalized spacial score (nSPS) is 20.1. The van der Waals surface area contributed by atoms with Gasteiger partial charge in [-0.15, -0.1) is 0 Å². The fraction of sp³-hybridized carbons (Fsp3) is 0.538. The average Bonchev–Trinajstić information content (AvgIpc) is 2.99. The van der Waals surface area contributed by atoms with E-state index >= 15 is 0 Å². The lowest BCUT2D eigenvalue weighted by atomic mass is 9.94. The van der Waals surface area contributed by atoms with Crippen molar-refractivity contribution in [3.8, 4) is 0 Å². The summed E-state index contributed by atoms with van der Waals surface area (Å²) in [5, 5.41) is 4.11. The molecular weight excluding hydrogens is 256 g/mol. The van der Waals surface area contributed by atoms with Crippen LogP contribution in [0.2, 0.25) is 0 Å². The fourth-order valence-electron chi connectivity index (χ4n) is 2.70. The number of nitrogens with one attached hydrogen (secondary N) is 1. The van der Waals surface area contributed by atoms with Crippen LogP contribution in [0.4, 0.5) is 0 Å². The summed E-state index contributed by atoms with van der Waals surface area (Å²) < 4.78 is 1.84. The van der Waals surface area contributed by atoms with Crippen molar-refractivity contribution >= 4 is 0 Å². The highest BCUT2D eigenvalue weighted by Crippen LogP contribution is 2.24. The first-order chi connectivity index (χ1) is 9.81. The van der Waals surface area contributed by atoms with Gasteiger partial charge in [-0.25, -0.2) is 9.97 Å². The second-order valence-corrected chi connectivity index (χ2v) is 5.13. The third kappa shape index (κ3) is 3.11. The van der Waals surface area contributed by atoms with Crippen LogP contribution in [-0.2, 0) is 6.54 Å². The average molecular weight is 274 g/mol. The van der Waals surface area contributed by atoms with Crippen molar-refractivity contribution in [3.05, 3.63) is 41.1 Å². The smallest absolute Gasteiger partial charge is 0.250 e. The molecule has 1 N–H and O–H groups in total. The second-order valence-electron chi connectivity index (χ2n) is 5.13. The molecule has 7 heteroatoms. The predicted molar refractivity (Wildman–Crippen MR) is 73.3 cm³/mol. The molecule has 1 saturated heterocycles. The first-order valence-electron chi connectivity index (χ1n) is 6.90. The number of piperidine rings is 1. The molecule has 106 valence electrons. The Morgan fingerprint density at radius 2 is 2.35 bits per heavy atom. The molecule has 1 unspecified atom stereocenters. The lowest BCUT2D eigenvalue weighted by Gasteiger charge is -2.32. The fourth-order valence-corrected chi connectivity index (χ4v) is 2.70. The first kappa shape index (κ1) is 13.0. The Hall–Kier alpha value is -2.02. The third-order valence-corrected chi connectivity index (χ3v) is 3.74. The number of hydrogen-bond acceptors (Lipinski definition) is 5. The maximum atomic E-state index is 11.4. The van der Waals surface area contributed by atoms with Crippen LogP contribution in [-0.4, -0.2) is 49.3 Å². The van der Waals surface area contributed by atoms with Crippen molar-refractivity contribution in [3.63, 3.8) is 0 Å². The number of hydrogen-bond donors (Lipinski definition) is 1. The van der Waals surface area contributed by atoms with Crippen molar-refractivity contribution in [2.45, 2.75) is 25.3 Å². The third-order valence-electron chi connectivity index (χ3n) is 3.74. The van der Waals surface area contributed by atoms with Gasteiger partial charge in [0.05, 0.1) is 18.6 Å². The van der Waals surface area contributed by atoms with E-state index in [4.69, 9.17) is 0 Å². The molecule has 3 rings (SSSR count). The monoisotopic (exact) mass is 274 g/mol. The van der Waals surface area contributed by atoms with Crippen molar-refractivity contribution in [2.75, 3.05) is 19.6 Å². The molecule has 0 aliphatic carbocycles. The number of H-pyrrole nitrogens is 1. The Balaban J connectivity index is 1.60. The summed E-state index contributed by atoms with van der Waals surface area (Å²) in [6.45, 7) is 3.83. The molecule has 1 aliphatic rings. The summed E-state index contributed by atoms with van der Waals surface area (Å²) in [5.41, 5.74) is 0.828. The standard InChI is InChI=1S/C13H18N6O/c20-13-6-12(15-9-16-13)11-2-1-3-18(7-11)4-5-19-10-14-8-17-19/h6,8-11H,1-5,7H2,(H,15,16,20). The quantitative estimate of drug-likeness (QED) is 0.864. The Morgan fingerprint density at radius 3 is 3.15 bits per heavy atom. The molecule has 0 spiro atoms. The summed E-state index contributed by atoms with van der Waals surface area (Å²) in [7, 11) is 0. The minimum atomic E-state index is -0.0743. The van der Waals surface area contributed by atoms with Gasteiger partial charge in [0.1, 0.15) is 12.7 Å². The summed E-state index contributed by atoms with van der Waals surface area (Å²) in [4.78, 5) is 24.6. The lowest BCUT2D eigenvalue weighted by molar-refractivity contribution is 0.197. The first-order valence-corrected chi connectivity index (χ1v) is 6.90. The van der Waals surface area contributed by atoms with Crippen LogP contribution in [0.15, 0.2) is 29.8 Å². The molecule has 7 nitrogen and oxygen atoms in total. The summed E-state index contributed by atoms with van der Waals surface area (Å²) >= 11 is 0. The molecule has 3 heterocycles. The summed E-state index contributed by atoms with van der Waals surface area (Å²) in [5.74, 6) is 0.349. The molecule has 0 bridgehead atoms. The van der Waals surface area contributed by atoms with E-state index in [0.717, 1.165) is 44.7 Å². The van der Waals surface area contributed by atoms with Crippen LogP contribution in [0.3, 0.4) is 0 Å². The van der Waals surface area contributed by atoms with Crippen LogP contribution in [0, 0.1) is 0 Å². The number of nitrogens with zero attached hydrogens (tertiary/aromatic N) is 5. The van der Waals surface area contributed by atoms with Crippen molar-refractivity contribution in [2.24, 2.45) is 0 Å². The highest BCUT2D eigenvalue weighted by atomic mass is 16.1. The Kier molecular flexibility index (Phi) is 3.87. The van der Waals surface area contributed by atoms with E-state index < -0.39 is 0 Å². The van der Waals surface area contributed by atoms with Crippen molar-refractivity contribution in [1.82, 2.24) is 29.6 Å². The molecule has 1 atom stereocenters. The molecule has 2 aromatic rings. The zero-order valence-electron chi connectivity index (χ0n) is 11.3. The van der Waals surface area contributed by atoms with Crippen LogP contribution in [0.1, 0.15) is 24.5 Å². The highest BCUT2D eigenvalue weighted by molar-refractivity contribution is 5.07. The number of aromatic nitrogens is 5. The van der Waals surface area contributed by atoms with Gasteiger partial charge in [-0.2, -0.15) is 5.10 Å². The van der Waals surface area contributed by atoms with Gasteiger partial charge >= 0.3 is 0 Å². The molecular formula is C13H18N6O. The van der Waals surface area contributed by atoms with E-state index in [1.807, 2.05) is 4.68 Å². The Morgan fingerprint density at radius 1 is 1.40 bits per heavy atom. The maximum Gasteiger partial charge on any atom is 0.250 e. The van der Waals surface area contributed by atoms with Gasteiger partial charge in [-0.05, 0) is 19.4 Å². The molecule has 0 radical (unpaired) electrons. The van der Waals surface area contributed by atoms with E-state index in [1.54, 1.807) is 18.7 Å². The number of aromatic amines is 1. The summed E-state index contributed by atoms with van der Waals surface area (Å²) in [6, 6.07) is 1.62. The minimum absolute atomic E-state index is 0.0743. The van der Waals surface area contributed by atoms with Crippen LogP contribution in [0.5, 0.6) is 0 Å². The van der Waals surface area contributed by atoms with Gasteiger partial charge in [-0.3, -0.25) is 9.48 Å². The zero-order valence-corrected chi connectivity index (χ0v) is 11.3. The Labute approximate surface area is 116 Å². The van der Waals surface area contributed by atoms with Crippen LogP contribution < -0.4 is 5.56 Å².